The summed E-state index contributed by atoms with van der Waals surface area (Å²) in [6.45, 7) is 3.56. The lowest BCUT2D eigenvalue weighted by molar-refractivity contribution is 0.583. The lowest BCUT2D eigenvalue weighted by atomic mass is 10.5. The van der Waals surface area contributed by atoms with Gasteiger partial charge >= 0.3 is 0 Å². The van der Waals surface area contributed by atoms with Crippen molar-refractivity contribution in [3.05, 3.63) is 22.0 Å². The standard InChI is InChI=1S/2C5H8ClOP/c2*1-8(7)3-2-5(6)4-8/h4H,2-3H2,1H3;2H,3-4H2,1H3. The molecule has 0 fully saturated rings. The summed E-state index contributed by atoms with van der Waals surface area (Å²) < 4.78 is 22.2. The van der Waals surface area contributed by atoms with E-state index in [0.29, 0.717) is 12.3 Å². The van der Waals surface area contributed by atoms with Crippen molar-refractivity contribution in [3.8, 4) is 0 Å². The molecular formula is C10H16Cl2O2P2. The van der Waals surface area contributed by atoms with Gasteiger partial charge in [-0.2, -0.15) is 0 Å². The Labute approximate surface area is 107 Å². The first kappa shape index (κ1) is 14.6. The number of hydrogen-bond donors (Lipinski definition) is 0. The van der Waals surface area contributed by atoms with Crippen molar-refractivity contribution < 1.29 is 9.13 Å². The monoisotopic (exact) mass is 300 g/mol. The molecule has 92 valence electrons. The van der Waals surface area contributed by atoms with Gasteiger partial charge in [-0.3, -0.25) is 0 Å². The Morgan fingerprint density at radius 1 is 1.19 bits per heavy atom. The molecule has 2 unspecified atom stereocenters. The second-order valence-corrected chi connectivity index (χ2v) is 11.8. The van der Waals surface area contributed by atoms with Crippen LogP contribution in [-0.2, 0) is 9.13 Å². The Morgan fingerprint density at radius 3 is 1.94 bits per heavy atom. The summed E-state index contributed by atoms with van der Waals surface area (Å²) in [6, 6.07) is 0. The molecule has 0 bridgehead atoms. The SMILES string of the molecule is CP1(=O)C=C(Cl)CC1.CP1(=O)CC=C(Cl)C1. The maximum atomic E-state index is 11.1. The molecule has 0 saturated carbocycles. The molecule has 0 N–H and O–H groups in total. The zero-order chi connectivity index (χ0) is 12.4. The molecule has 0 aromatic carbocycles. The summed E-state index contributed by atoms with van der Waals surface area (Å²) in [7, 11) is -3.72. The van der Waals surface area contributed by atoms with Gasteiger partial charge in [0, 0.05) is 28.6 Å². The molecule has 0 aromatic rings. The number of hydrogen-bond acceptors (Lipinski definition) is 2. The first-order valence-corrected chi connectivity index (χ1v) is 10.7. The van der Waals surface area contributed by atoms with Gasteiger partial charge in [0.2, 0.25) is 0 Å². The second kappa shape index (κ2) is 5.44. The van der Waals surface area contributed by atoms with E-state index in [0.717, 1.165) is 22.6 Å². The van der Waals surface area contributed by atoms with Crippen molar-refractivity contribution in [3.63, 3.8) is 0 Å². The van der Waals surface area contributed by atoms with Crippen LogP contribution >= 0.6 is 37.5 Å². The maximum absolute atomic E-state index is 11.1. The molecule has 0 saturated heterocycles. The average molecular weight is 301 g/mol. The average Bonchev–Trinajstić information content (AvgIpc) is 2.56. The van der Waals surface area contributed by atoms with Crippen molar-refractivity contribution in [2.45, 2.75) is 6.42 Å². The van der Waals surface area contributed by atoms with E-state index < -0.39 is 14.3 Å². The highest BCUT2D eigenvalue weighted by Crippen LogP contribution is 2.51. The minimum Gasteiger partial charge on any atom is -0.323 e. The molecule has 16 heavy (non-hydrogen) atoms. The second-order valence-electron chi connectivity index (χ2n) is 4.51. The molecule has 2 aliphatic heterocycles. The first-order valence-electron chi connectivity index (χ1n) is 5.04. The molecule has 6 heteroatoms. The van der Waals surface area contributed by atoms with Crippen LogP contribution in [0.5, 0.6) is 0 Å². The number of halogens is 2. The van der Waals surface area contributed by atoms with Crippen molar-refractivity contribution >= 4 is 37.5 Å². The molecule has 0 aliphatic carbocycles. The lowest BCUT2D eigenvalue weighted by Gasteiger charge is -1.98. The highest BCUT2D eigenvalue weighted by molar-refractivity contribution is 7.66. The maximum Gasteiger partial charge on any atom is 0.107 e. The van der Waals surface area contributed by atoms with E-state index in [1.165, 1.54) is 0 Å². The van der Waals surface area contributed by atoms with Gasteiger partial charge in [0.25, 0.3) is 0 Å². The van der Waals surface area contributed by atoms with E-state index in [1.54, 1.807) is 19.1 Å². The van der Waals surface area contributed by atoms with Crippen molar-refractivity contribution in [1.29, 1.82) is 0 Å². The van der Waals surface area contributed by atoms with Crippen molar-refractivity contribution in [2.24, 2.45) is 0 Å². The van der Waals surface area contributed by atoms with Gasteiger partial charge < -0.3 is 9.13 Å². The van der Waals surface area contributed by atoms with Crippen LogP contribution in [0.15, 0.2) is 22.0 Å². The Bertz CT molecular complexity index is 427. The highest BCUT2D eigenvalue weighted by atomic mass is 35.5. The molecule has 2 heterocycles. The minimum absolute atomic E-state index is 0.620. The van der Waals surface area contributed by atoms with Crippen LogP contribution in [-0.4, -0.2) is 31.8 Å². The fourth-order valence-electron chi connectivity index (χ4n) is 1.50. The van der Waals surface area contributed by atoms with Crippen molar-refractivity contribution in [1.82, 2.24) is 0 Å². The summed E-state index contributed by atoms with van der Waals surface area (Å²) in [4.78, 5) is 0. The molecule has 2 rings (SSSR count). The molecule has 0 spiro atoms. The van der Waals surface area contributed by atoms with Gasteiger partial charge in [-0.25, -0.2) is 0 Å². The largest absolute Gasteiger partial charge is 0.323 e. The molecule has 2 nitrogen and oxygen atoms in total. The molecule has 2 atom stereocenters. The van der Waals surface area contributed by atoms with Gasteiger partial charge in [0.15, 0.2) is 0 Å². The molecule has 2 aliphatic rings. The van der Waals surface area contributed by atoms with Gasteiger partial charge in [0.1, 0.15) is 7.14 Å². The van der Waals surface area contributed by atoms with Crippen LogP contribution in [0.25, 0.3) is 0 Å². The molecule has 0 amide bonds. The first-order chi connectivity index (χ1) is 7.20. The zero-order valence-electron chi connectivity index (χ0n) is 9.45. The third-order valence-electron chi connectivity index (χ3n) is 2.39. The molecular weight excluding hydrogens is 285 g/mol. The van der Waals surface area contributed by atoms with E-state index in [4.69, 9.17) is 23.2 Å². The number of rotatable bonds is 0. The fraction of sp³-hybridized carbons (Fsp3) is 0.600. The smallest absolute Gasteiger partial charge is 0.107 e. The predicted octanol–water partition coefficient (Wildman–Crippen LogP) is 4.58. The Kier molecular flexibility index (Phi) is 4.96. The lowest BCUT2D eigenvalue weighted by Crippen LogP contribution is -1.79. The van der Waals surface area contributed by atoms with Crippen LogP contribution in [0.2, 0.25) is 0 Å². The van der Waals surface area contributed by atoms with Gasteiger partial charge in [0.05, 0.1) is 7.14 Å². The molecule has 0 aromatic heterocycles. The highest BCUT2D eigenvalue weighted by Gasteiger charge is 2.20. The summed E-state index contributed by atoms with van der Waals surface area (Å²) in [5.74, 6) is 1.70. The van der Waals surface area contributed by atoms with E-state index in [-0.39, 0.29) is 0 Å². The Hall–Kier alpha value is 0.520. The summed E-state index contributed by atoms with van der Waals surface area (Å²) in [5.41, 5.74) is 0. The minimum atomic E-state index is -1.89. The van der Waals surface area contributed by atoms with Crippen LogP contribution in [0.4, 0.5) is 0 Å². The van der Waals surface area contributed by atoms with Gasteiger partial charge in [-0.05, 0) is 25.6 Å². The van der Waals surface area contributed by atoms with E-state index in [2.05, 4.69) is 0 Å². The summed E-state index contributed by atoms with van der Waals surface area (Å²) >= 11 is 11.2. The van der Waals surface area contributed by atoms with E-state index >= 15 is 0 Å². The predicted molar refractivity (Wildman–Crippen MR) is 74.2 cm³/mol. The Morgan fingerprint density at radius 2 is 1.81 bits per heavy atom. The van der Waals surface area contributed by atoms with Crippen LogP contribution in [0, 0.1) is 0 Å². The van der Waals surface area contributed by atoms with E-state index in [1.807, 2.05) is 6.08 Å². The number of allylic oxidation sites excluding steroid dienone is 3. The summed E-state index contributed by atoms with van der Waals surface area (Å²) in [6.07, 6.45) is 4.75. The van der Waals surface area contributed by atoms with E-state index in [9.17, 15) is 9.13 Å². The van der Waals surface area contributed by atoms with Crippen LogP contribution < -0.4 is 0 Å². The zero-order valence-corrected chi connectivity index (χ0v) is 12.8. The third kappa shape index (κ3) is 5.23. The van der Waals surface area contributed by atoms with Crippen LogP contribution in [0.3, 0.4) is 0 Å². The van der Waals surface area contributed by atoms with Crippen LogP contribution in [0.1, 0.15) is 6.42 Å². The van der Waals surface area contributed by atoms with Crippen molar-refractivity contribution in [2.75, 3.05) is 31.8 Å². The fourth-order valence-corrected chi connectivity index (χ4v) is 6.32. The third-order valence-corrected chi connectivity index (χ3v) is 7.25. The topological polar surface area (TPSA) is 34.1 Å². The van der Waals surface area contributed by atoms with Gasteiger partial charge in [-0.1, -0.05) is 29.3 Å². The summed E-state index contributed by atoms with van der Waals surface area (Å²) in [5, 5.41) is 1.55. The molecule has 0 radical (unpaired) electrons. The Balaban J connectivity index is 0.000000160. The normalized spacial score (nSPS) is 37.5. The van der Waals surface area contributed by atoms with Gasteiger partial charge in [-0.15, -0.1) is 0 Å². The quantitative estimate of drug-likeness (QED) is 0.614.